The highest BCUT2D eigenvalue weighted by Gasteiger charge is 2.39. The molecule has 0 N–H and O–H groups in total. The van der Waals surface area contributed by atoms with Crippen molar-refractivity contribution in [2.45, 2.75) is 50.5 Å². The largest absolute Gasteiger partial charge is 0.340 e. The molecule has 2 fully saturated rings. The number of amides is 1. The van der Waals surface area contributed by atoms with Gasteiger partial charge in [0.1, 0.15) is 5.82 Å². The summed E-state index contributed by atoms with van der Waals surface area (Å²) in [6.45, 7) is 5.02. The van der Waals surface area contributed by atoms with Gasteiger partial charge in [0.25, 0.3) is 0 Å². The summed E-state index contributed by atoms with van der Waals surface area (Å²) < 4.78 is 17.4. The Balaban J connectivity index is 0.00000240. The summed E-state index contributed by atoms with van der Waals surface area (Å²) in [5.41, 5.74) is 1.98. The van der Waals surface area contributed by atoms with E-state index in [9.17, 15) is 9.18 Å². The summed E-state index contributed by atoms with van der Waals surface area (Å²) in [5.74, 6) is 0.184. The molecule has 1 aromatic carbocycles. The number of piperidine rings is 1. The molecule has 1 amide bonds. The van der Waals surface area contributed by atoms with Crippen molar-refractivity contribution in [3.63, 3.8) is 0 Å². The first-order valence-electron chi connectivity index (χ1n) is 10.2. The Hall–Kier alpha value is -1.57. The zero-order chi connectivity index (χ0) is 19.5. The summed E-state index contributed by atoms with van der Waals surface area (Å²) in [7, 11) is 0. The van der Waals surface area contributed by atoms with Crippen molar-refractivity contribution >= 4 is 29.8 Å². The SMILES string of the molecule is CCC1CCCCN1CC(=O)N1C[C@@H](c2ccc(F)cc2)[C@H](c2csnn2)C1.Cl. The minimum absolute atomic E-state index is 0. The zero-order valence-electron chi connectivity index (χ0n) is 16.7. The lowest BCUT2D eigenvalue weighted by atomic mass is 9.87. The van der Waals surface area contributed by atoms with E-state index in [0.717, 1.165) is 24.2 Å². The summed E-state index contributed by atoms with van der Waals surface area (Å²) in [6.07, 6.45) is 4.72. The number of likely N-dealkylation sites (tertiary alicyclic amines) is 2. The van der Waals surface area contributed by atoms with Gasteiger partial charge < -0.3 is 4.90 Å². The monoisotopic (exact) mass is 438 g/mol. The van der Waals surface area contributed by atoms with Gasteiger partial charge in [0.15, 0.2) is 0 Å². The Morgan fingerprint density at radius 2 is 1.97 bits per heavy atom. The molecule has 4 rings (SSSR count). The number of carbonyl (C=O) groups is 1. The lowest BCUT2D eigenvalue weighted by Crippen LogP contribution is -2.46. The number of aromatic nitrogens is 2. The molecule has 1 aromatic heterocycles. The summed E-state index contributed by atoms with van der Waals surface area (Å²) >= 11 is 1.33. The lowest BCUT2D eigenvalue weighted by molar-refractivity contribution is -0.132. The van der Waals surface area contributed by atoms with Crippen molar-refractivity contribution < 1.29 is 9.18 Å². The van der Waals surface area contributed by atoms with Crippen LogP contribution in [-0.4, -0.2) is 57.5 Å². The molecule has 0 bridgehead atoms. The fourth-order valence-electron chi connectivity index (χ4n) is 4.69. The van der Waals surface area contributed by atoms with E-state index in [1.54, 1.807) is 0 Å². The van der Waals surface area contributed by atoms with Crippen LogP contribution in [0.25, 0.3) is 0 Å². The van der Waals surface area contributed by atoms with Crippen molar-refractivity contribution in [3.05, 3.63) is 46.7 Å². The molecule has 5 nitrogen and oxygen atoms in total. The third-order valence-corrected chi connectivity index (χ3v) is 6.81. The predicted octanol–water partition coefficient (Wildman–Crippen LogP) is 4.07. The molecule has 2 aliphatic heterocycles. The van der Waals surface area contributed by atoms with Gasteiger partial charge >= 0.3 is 0 Å². The first-order valence-corrected chi connectivity index (χ1v) is 11.0. The van der Waals surface area contributed by atoms with Crippen LogP contribution in [0, 0.1) is 5.82 Å². The van der Waals surface area contributed by atoms with E-state index in [4.69, 9.17) is 0 Å². The number of hydrogen-bond acceptors (Lipinski definition) is 5. The van der Waals surface area contributed by atoms with Crippen molar-refractivity contribution in [1.29, 1.82) is 0 Å². The topological polar surface area (TPSA) is 49.3 Å². The van der Waals surface area contributed by atoms with Gasteiger partial charge in [-0.3, -0.25) is 9.69 Å². The van der Waals surface area contributed by atoms with Crippen LogP contribution in [0.2, 0.25) is 0 Å². The maximum atomic E-state index is 13.4. The number of nitrogens with zero attached hydrogens (tertiary/aromatic N) is 4. The molecule has 0 radical (unpaired) electrons. The predicted molar refractivity (Wildman–Crippen MR) is 115 cm³/mol. The Labute approximate surface area is 181 Å². The van der Waals surface area contributed by atoms with E-state index in [1.165, 1.54) is 42.9 Å². The summed E-state index contributed by atoms with van der Waals surface area (Å²) in [6, 6.07) is 7.18. The molecule has 8 heteroatoms. The molecule has 1 unspecified atom stereocenters. The highest BCUT2D eigenvalue weighted by atomic mass is 35.5. The van der Waals surface area contributed by atoms with Gasteiger partial charge in [0.05, 0.1) is 12.2 Å². The number of carbonyl (C=O) groups excluding carboxylic acids is 1. The van der Waals surface area contributed by atoms with E-state index < -0.39 is 0 Å². The van der Waals surface area contributed by atoms with Gasteiger partial charge in [-0.25, -0.2) is 4.39 Å². The Morgan fingerprint density at radius 3 is 2.66 bits per heavy atom. The molecule has 0 aliphatic carbocycles. The molecule has 0 spiro atoms. The maximum absolute atomic E-state index is 13.4. The average molecular weight is 439 g/mol. The van der Waals surface area contributed by atoms with Crippen molar-refractivity contribution in [1.82, 2.24) is 19.4 Å². The van der Waals surface area contributed by atoms with Crippen LogP contribution >= 0.6 is 23.9 Å². The van der Waals surface area contributed by atoms with Crippen LogP contribution in [0.3, 0.4) is 0 Å². The molecule has 2 aromatic rings. The van der Waals surface area contributed by atoms with E-state index in [1.807, 2.05) is 22.4 Å². The van der Waals surface area contributed by atoms with Crippen molar-refractivity contribution in [3.8, 4) is 0 Å². The first kappa shape index (κ1) is 22.1. The first-order chi connectivity index (χ1) is 13.7. The van der Waals surface area contributed by atoms with Gasteiger partial charge in [-0.15, -0.1) is 17.5 Å². The normalized spacial score (nSPS) is 25.0. The van der Waals surface area contributed by atoms with Gasteiger partial charge in [0.2, 0.25) is 5.91 Å². The van der Waals surface area contributed by atoms with Crippen LogP contribution in [0.1, 0.15) is 55.7 Å². The second-order valence-electron chi connectivity index (χ2n) is 7.92. The van der Waals surface area contributed by atoms with Crippen molar-refractivity contribution in [2.75, 3.05) is 26.2 Å². The fourth-order valence-corrected chi connectivity index (χ4v) is 5.21. The minimum Gasteiger partial charge on any atom is -0.340 e. The van der Waals surface area contributed by atoms with Gasteiger partial charge in [-0.2, -0.15) is 0 Å². The maximum Gasteiger partial charge on any atom is 0.236 e. The fraction of sp³-hybridized carbons (Fsp3) is 0.571. The zero-order valence-corrected chi connectivity index (χ0v) is 18.3. The molecular formula is C21H28ClFN4OS. The average Bonchev–Trinajstić information content (AvgIpc) is 3.39. The Morgan fingerprint density at radius 1 is 1.21 bits per heavy atom. The van der Waals surface area contributed by atoms with Crippen molar-refractivity contribution in [2.24, 2.45) is 0 Å². The number of halogens is 2. The highest BCUT2D eigenvalue weighted by Crippen LogP contribution is 2.39. The Kier molecular flexibility index (Phi) is 7.60. The standard InChI is InChI=1S/C21H27FN4OS.ClH/c1-2-17-5-3-4-10-25(17)13-21(27)26-11-18(15-6-8-16(22)9-7-15)19(12-26)20-14-28-24-23-20;/h6-9,14,17-19H,2-5,10-13H2,1H3;1H/t17?,18-,19+;/m0./s1. The smallest absolute Gasteiger partial charge is 0.236 e. The van der Waals surface area contributed by atoms with E-state index >= 15 is 0 Å². The van der Waals surface area contributed by atoms with E-state index in [2.05, 4.69) is 21.4 Å². The minimum atomic E-state index is -0.239. The molecule has 3 atom stereocenters. The number of benzene rings is 1. The van der Waals surface area contributed by atoms with Crippen LogP contribution in [0.15, 0.2) is 29.6 Å². The summed E-state index contributed by atoms with van der Waals surface area (Å²) in [5, 5.41) is 6.24. The molecule has 3 heterocycles. The van der Waals surface area contributed by atoms with Crippen LogP contribution in [0.5, 0.6) is 0 Å². The molecular weight excluding hydrogens is 411 g/mol. The summed E-state index contributed by atoms with van der Waals surface area (Å²) in [4.78, 5) is 17.4. The highest BCUT2D eigenvalue weighted by molar-refractivity contribution is 7.03. The van der Waals surface area contributed by atoms with Crippen LogP contribution in [-0.2, 0) is 4.79 Å². The molecule has 2 saturated heterocycles. The second kappa shape index (κ2) is 9.96. The van der Waals surface area contributed by atoms with Gasteiger partial charge in [-0.1, -0.05) is 30.0 Å². The van der Waals surface area contributed by atoms with Crippen LogP contribution in [0.4, 0.5) is 4.39 Å². The lowest BCUT2D eigenvalue weighted by Gasteiger charge is -2.35. The van der Waals surface area contributed by atoms with Gasteiger partial charge in [-0.05, 0) is 55.0 Å². The Bertz CT molecular complexity index is 788. The number of hydrogen-bond donors (Lipinski definition) is 0. The quantitative estimate of drug-likeness (QED) is 0.706. The molecule has 2 aliphatic rings. The van der Waals surface area contributed by atoms with Gasteiger partial charge in [0, 0.05) is 36.3 Å². The van der Waals surface area contributed by atoms with E-state index in [-0.39, 0.29) is 36.0 Å². The number of rotatable bonds is 5. The second-order valence-corrected chi connectivity index (χ2v) is 8.53. The molecule has 29 heavy (non-hydrogen) atoms. The van der Waals surface area contributed by atoms with Crippen LogP contribution < -0.4 is 0 Å². The molecule has 158 valence electrons. The third-order valence-electron chi connectivity index (χ3n) is 6.29. The third kappa shape index (κ3) is 4.95. The molecule has 0 saturated carbocycles. The van der Waals surface area contributed by atoms with E-state index in [0.29, 0.717) is 25.7 Å².